The number of nitrogens with zero attached hydrogens (tertiary/aromatic N) is 3. The highest BCUT2D eigenvalue weighted by atomic mass is 19.1. The Bertz CT molecular complexity index is 1080. The largest absolute Gasteiger partial charge is 0.492 e. The molecule has 2 aliphatic rings. The lowest BCUT2D eigenvalue weighted by Crippen LogP contribution is -2.44. The Morgan fingerprint density at radius 3 is 2.67 bits per heavy atom. The molecule has 2 atom stereocenters. The highest BCUT2D eigenvalue weighted by Crippen LogP contribution is 2.43. The van der Waals surface area contributed by atoms with Crippen LogP contribution in [0.1, 0.15) is 32.2 Å². The minimum atomic E-state index is -0.742. The Labute approximate surface area is 172 Å². The second-order valence-corrected chi connectivity index (χ2v) is 8.01. The smallest absolute Gasteiger partial charge is 0.350 e. The maximum Gasteiger partial charge on any atom is 0.350 e. The Balaban J connectivity index is 1.83. The molecule has 1 saturated heterocycles. The van der Waals surface area contributed by atoms with Gasteiger partial charge in [0.1, 0.15) is 11.2 Å². The molecule has 1 aromatic carbocycles. The number of hydrogen-bond donors (Lipinski definition) is 2. The van der Waals surface area contributed by atoms with Gasteiger partial charge in [-0.2, -0.15) is 4.68 Å². The van der Waals surface area contributed by atoms with Gasteiger partial charge in [-0.25, -0.2) is 9.18 Å². The molecule has 0 spiro atoms. The monoisotopic (exact) mass is 421 g/mol. The van der Waals surface area contributed by atoms with Gasteiger partial charge in [-0.3, -0.25) is 9.36 Å². The molecule has 30 heavy (non-hydrogen) atoms. The zero-order valence-corrected chi connectivity index (χ0v) is 17.3. The zero-order valence-electron chi connectivity index (χ0n) is 17.3. The number of anilines is 1. The molecule has 0 bridgehead atoms. The van der Waals surface area contributed by atoms with Crippen molar-refractivity contribution in [1.29, 1.82) is 0 Å². The first-order chi connectivity index (χ1) is 14.4. The average molecular weight is 421 g/mol. The number of aromatic nitrogens is 2. The van der Waals surface area contributed by atoms with E-state index in [0.29, 0.717) is 36.5 Å². The molecule has 1 saturated carbocycles. The van der Waals surface area contributed by atoms with Crippen molar-refractivity contribution in [3.63, 3.8) is 0 Å². The van der Waals surface area contributed by atoms with Crippen molar-refractivity contribution in [2.75, 3.05) is 44.2 Å². The van der Waals surface area contributed by atoms with E-state index in [1.54, 1.807) is 0 Å². The standard InChI is InChI=1S/C20H28FN5O4/c1-3-30-10-15(22)11-6-7-24(9-11)17-14(21)8-13-16(18(17)29-2)25(12-4-5-12)20(28)26(23)19(13)27/h8,11-12,15H,3-7,9-10,22-23H2,1-2H3/t11?,15-/m1/s1. The molecule has 4 N–H and O–H groups in total. The highest BCUT2D eigenvalue weighted by Gasteiger charge is 2.35. The zero-order chi connectivity index (χ0) is 21.6. The van der Waals surface area contributed by atoms with Crippen LogP contribution in [-0.4, -0.2) is 48.7 Å². The van der Waals surface area contributed by atoms with Crippen molar-refractivity contribution in [2.45, 2.75) is 38.3 Å². The number of ether oxygens (including phenoxy) is 2. The molecule has 10 heteroatoms. The Morgan fingerprint density at radius 1 is 1.30 bits per heavy atom. The van der Waals surface area contributed by atoms with E-state index in [1.807, 2.05) is 11.8 Å². The third-order valence-corrected chi connectivity index (χ3v) is 6.06. The maximum atomic E-state index is 15.3. The molecule has 164 valence electrons. The third-order valence-electron chi connectivity index (χ3n) is 6.06. The topological polar surface area (TPSA) is 118 Å². The van der Waals surface area contributed by atoms with Gasteiger partial charge in [0.25, 0.3) is 5.56 Å². The summed E-state index contributed by atoms with van der Waals surface area (Å²) < 4.78 is 28.3. The summed E-state index contributed by atoms with van der Waals surface area (Å²) in [5, 5.41) is 0.0332. The number of halogens is 1. The predicted molar refractivity (Wildman–Crippen MR) is 112 cm³/mol. The van der Waals surface area contributed by atoms with E-state index in [9.17, 15) is 9.59 Å². The normalized spacial score (nSPS) is 20.1. The second kappa shape index (κ2) is 7.92. The third kappa shape index (κ3) is 3.33. The van der Waals surface area contributed by atoms with E-state index in [4.69, 9.17) is 21.1 Å². The first-order valence-electron chi connectivity index (χ1n) is 10.3. The summed E-state index contributed by atoms with van der Waals surface area (Å²) in [6, 6.07) is 0.928. The van der Waals surface area contributed by atoms with Crippen molar-refractivity contribution in [2.24, 2.45) is 11.7 Å². The van der Waals surface area contributed by atoms with Gasteiger partial charge in [-0.05, 0) is 38.2 Å². The fourth-order valence-corrected chi connectivity index (χ4v) is 4.33. The number of nitrogen functional groups attached to an aromatic ring is 1. The number of nitrogens with two attached hydrogens (primary N) is 2. The van der Waals surface area contributed by atoms with Crippen LogP contribution in [0.5, 0.6) is 5.75 Å². The second-order valence-electron chi connectivity index (χ2n) is 8.01. The van der Waals surface area contributed by atoms with E-state index in [0.717, 1.165) is 25.3 Å². The lowest BCUT2D eigenvalue weighted by atomic mass is 10.0. The molecule has 2 heterocycles. The Morgan fingerprint density at radius 2 is 2.03 bits per heavy atom. The summed E-state index contributed by atoms with van der Waals surface area (Å²) in [6.45, 7) is 4.08. The SMILES string of the molecule is CCOC[C@@H](N)C1CCN(c2c(F)cc3c(=O)n(N)c(=O)n(C4CC4)c3c2OC)C1. The van der Waals surface area contributed by atoms with E-state index >= 15 is 4.39 Å². The summed E-state index contributed by atoms with van der Waals surface area (Å²) in [7, 11) is 1.42. The molecule has 2 aromatic rings. The number of hydrogen-bond acceptors (Lipinski definition) is 7. The maximum absolute atomic E-state index is 15.3. The van der Waals surface area contributed by atoms with Gasteiger partial charge < -0.3 is 25.9 Å². The van der Waals surface area contributed by atoms with Gasteiger partial charge in [0.05, 0.1) is 19.1 Å². The number of methoxy groups -OCH3 is 1. The average Bonchev–Trinajstić information content (AvgIpc) is 3.45. The minimum Gasteiger partial charge on any atom is -0.492 e. The van der Waals surface area contributed by atoms with Crippen LogP contribution < -0.4 is 32.5 Å². The summed E-state index contributed by atoms with van der Waals surface area (Å²) in [5.41, 5.74) is 5.44. The van der Waals surface area contributed by atoms with E-state index in [1.165, 1.54) is 11.7 Å². The lowest BCUT2D eigenvalue weighted by Gasteiger charge is -2.25. The summed E-state index contributed by atoms with van der Waals surface area (Å²) in [6.07, 6.45) is 2.37. The van der Waals surface area contributed by atoms with Crippen LogP contribution in [0.2, 0.25) is 0 Å². The van der Waals surface area contributed by atoms with Gasteiger partial charge in [-0.1, -0.05) is 0 Å². The Kier molecular flexibility index (Phi) is 5.46. The molecule has 4 rings (SSSR count). The van der Waals surface area contributed by atoms with Crippen molar-refractivity contribution in [1.82, 2.24) is 9.24 Å². The van der Waals surface area contributed by atoms with E-state index < -0.39 is 17.1 Å². The van der Waals surface area contributed by atoms with Crippen molar-refractivity contribution < 1.29 is 13.9 Å². The molecule has 1 aliphatic heterocycles. The van der Waals surface area contributed by atoms with E-state index in [-0.39, 0.29) is 34.8 Å². The number of fused-ring (bicyclic) bond motifs is 1. The molecule has 1 aliphatic carbocycles. The van der Waals surface area contributed by atoms with Crippen LogP contribution in [0.15, 0.2) is 15.7 Å². The van der Waals surface area contributed by atoms with Crippen LogP contribution in [0, 0.1) is 11.7 Å². The number of rotatable bonds is 7. The first-order valence-corrected chi connectivity index (χ1v) is 10.3. The van der Waals surface area contributed by atoms with Gasteiger partial charge in [0, 0.05) is 31.8 Å². The van der Waals surface area contributed by atoms with Gasteiger partial charge >= 0.3 is 5.69 Å². The molecule has 1 aromatic heterocycles. The minimum absolute atomic E-state index is 0.0332. The number of benzene rings is 1. The quantitative estimate of drug-likeness (QED) is 0.627. The summed E-state index contributed by atoms with van der Waals surface area (Å²) >= 11 is 0. The summed E-state index contributed by atoms with van der Waals surface area (Å²) in [4.78, 5) is 27.2. The lowest BCUT2D eigenvalue weighted by molar-refractivity contribution is 0.119. The molecular weight excluding hydrogens is 393 g/mol. The van der Waals surface area contributed by atoms with Crippen molar-refractivity contribution >= 4 is 16.6 Å². The highest BCUT2D eigenvalue weighted by molar-refractivity contribution is 5.91. The van der Waals surface area contributed by atoms with Gasteiger partial charge in [-0.15, -0.1) is 0 Å². The van der Waals surface area contributed by atoms with E-state index in [2.05, 4.69) is 0 Å². The molecule has 2 fully saturated rings. The van der Waals surface area contributed by atoms with Gasteiger partial charge in [0.15, 0.2) is 11.6 Å². The fraction of sp³-hybridized carbons (Fsp3) is 0.600. The first kappa shape index (κ1) is 20.7. The predicted octanol–water partition coefficient (Wildman–Crippen LogP) is 0.550. The molecule has 0 radical (unpaired) electrons. The van der Waals surface area contributed by atoms with Crippen molar-refractivity contribution in [3.05, 3.63) is 32.7 Å². The molecule has 1 unspecified atom stereocenters. The van der Waals surface area contributed by atoms with Crippen LogP contribution in [-0.2, 0) is 4.74 Å². The van der Waals surface area contributed by atoms with Crippen LogP contribution >= 0.6 is 0 Å². The van der Waals surface area contributed by atoms with Crippen molar-refractivity contribution in [3.8, 4) is 5.75 Å². The van der Waals surface area contributed by atoms with Crippen LogP contribution in [0.4, 0.5) is 10.1 Å². The van der Waals surface area contributed by atoms with Gasteiger partial charge in [0.2, 0.25) is 0 Å². The van der Waals surface area contributed by atoms with Crippen LogP contribution in [0.3, 0.4) is 0 Å². The van der Waals surface area contributed by atoms with Crippen LogP contribution in [0.25, 0.3) is 10.9 Å². The summed E-state index contributed by atoms with van der Waals surface area (Å²) in [5.74, 6) is 5.42. The molecular formula is C20H28FN5O4. The molecule has 0 amide bonds. The fourth-order valence-electron chi connectivity index (χ4n) is 4.33. The Hall–Kier alpha value is -2.59. The molecule has 9 nitrogen and oxygen atoms in total.